The van der Waals surface area contributed by atoms with Crippen LogP contribution in [0.15, 0.2) is 23.5 Å². The largest absolute Gasteiger partial charge is 0.462 e. The summed E-state index contributed by atoms with van der Waals surface area (Å²) in [6, 6.07) is 0. The number of Topliss-reactive ketones (excluding diaryl/α,β-unsaturated/α-hetero) is 1. The molecule has 8 heteroatoms. The molecule has 8 nitrogen and oxygen atoms in total. The number of nitrogens with one attached hydrogen (secondary N) is 2. The summed E-state index contributed by atoms with van der Waals surface area (Å²) >= 11 is 0. The molecule has 1 rings (SSSR count). The fourth-order valence-electron chi connectivity index (χ4n) is 8.59. The average molecular weight is 858 g/mol. The highest BCUT2D eigenvalue weighted by atomic mass is 16.5. The number of ether oxygens (including phenoxy) is 2. The van der Waals surface area contributed by atoms with Gasteiger partial charge in [-0.25, -0.2) is 0 Å². The van der Waals surface area contributed by atoms with Crippen LogP contribution in [-0.2, 0) is 23.9 Å². The van der Waals surface area contributed by atoms with Gasteiger partial charge in [-0.1, -0.05) is 169 Å². The zero-order chi connectivity index (χ0) is 44.6. The first-order valence-corrected chi connectivity index (χ1v) is 26.3. The van der Waals surface area contributed by atoms with E-state index in [-0.39, 0.29) is 29.9 Å². The summed E-state index contributed by atoms with van der Waals surface area (Å²) in [5.74, 6) is 0.00711. The van der Waals surface area contributed by atoms with Crippen molar-refractivity contribution in [3.63, 3.8) is 0 Å². The number of hydrogen-bond donors (Lipinski definition) is 2. The highest BCUT2D eigenvalue weighted by molar-refractivity contribution is 6.18. The number of likely N-dealkylation sites (N-methyl/N-ethyl adjacent to an activating group) is 1. The fraction of sp³-hybridized carbons (Fsp3) is 0.868. The summed E-state index contributed by atoms with van der Waals surface area (Å²) in [7, 11) is 1.83. The van der Waals surface area contributed by atoms with Crippen LogP contribution in [0.25, 0.3) is 0 Å². The molecular formula is C53H99N3O5. The number of rotatable bonds is 46. The van der Waals surface area contributed by atoms with Gasteiger partial charge in [0.25, 0.3) is 0 Å². The molecule has 0 aromatic heterocycles. The van der Waals surface area contributed by atoms with Crippen LogP contribution >= 0.6 is 0 Å². The van der Waals surface area contributed by atoms with Gasteiger partial charge in [0.15, 0.2) is 0 Å². The van der Waals surface area contributed by atoms with Gasteiger partial charge in [-0.3, -0.25) is 14.4 Å². The SMILES string of the molecule is C=C1C(=O)C(NCCCN(CCCCCCCC(=O)OC(CCCCCCCC)CCCCCCCC)CCCCCCCC(=O)O[C@H](CC)CCCCCCCC)=C1NC. The van der Waals surface area contributed by atoms with Gasteiger partial charge in [0, 0.05) is 32.0 Å². The van der Waals surface area contributed by atoms with Gasteiger partial charge in [0.05, 0.1) is 5.70 Å². The third kappa shape index (κ3) is 30.4. The van der Waals surface area contributed by atoms with Crippen molar-refractivity contribution >= 4 is 17.7 Å². The van der Waals surface area contributed by atoms with Gasteiger partial charge < -0.3 is 25.0 Å². The monoisotopic (exact) mass is 858 g/mol. The Labute approximate surface area is 377 Å². The second kappa shape index (κ2) is 40.4. The molecule has 0 spiro atoms. The molecule has 356 valence electrons. The topological polar surface area (TPSA) is 97.0 Å². The van der Waals surface area contributed by atoms with E-state index in [4.69, 9.17) is 9.47 Å². The van der Waals surface area contributed by atoms with Crippen molar-refractivity contribution in [2.75, 3.05) is 33.2 Å². The third-order valence-corrected chi connectivity index (χ3v) is 12.7. The normalized spacial score (nSPS) is 13.3. The summed E-state index contributed by atoms with van der Waals surface area (Å²) in [6.45, 7) is 16.7. The number of ketones is 1. The zero-order valence-electron chi connectivity index (χ0n) is 40.9. The van der Waals surface area contributed by atoms with E-state index in [1.54, 1.807) is 0 Å². The van der Waals surface area contributed by atoms with Gasteiger partial charge in [0.2, 0.25) is 5.78 Å². The Balaban J connectivity index is 2.41. The molecule has 0 heterocycles. The van der Waals surface area contributed by atoms with Crippen molar-refractivity contribution < 1.29 is 23.9 Å². The van der Waals surface area contributed by atoms with Gasteiger partial charge in [-0.05, 0) is 96.7 Å². The number of esters is 2. The number of nitrogens with zero attached hydrogens (tertiary/aromatic N) is 1. The van der Waals surface area contributed by atoms with Crippen molar-refractivity contribution in [1.29, 1.82) is 0 Å². The Morgan fingerprint density at radius 3 is 1.33 bits per heavy atom. The van der Waals surface area contributed by atoms with E-state index in [2.05, 4.69) is 49.8 Å². The van der Waals surface area contributed by atoms with Crippen molar-refractivity contribution in [3.8, 4) is 0 Å². The molecule has 0 radical (unpaired) electrons. The van der Waals surface area contributed by atoms with Crippen LogP contribution in [0, 0.1) is 0 Å². The standard InChI is InChI=1S/C53H99N3O5/c1-7-11-14-17-22-29-37-47(10-4)60-49(57)40-32-25-20-27-34-43-56(45-36-42-55-52-51(54-6)46(5)53(52)59)44-35-28-21-26-33-41-50(58)61-48(38-30-23-18-15-12-8-2)39-31-24-19-16-13-9-3/h47-48,54-55H,5,7-45H2,1-4,6H3/t47-/m1/s1. The second-order valence-electron chi connectivity index (χ2n) is 18.3. The molecule has 0 unspecified atom stereocenters. The molecule has 2 N–H and O–H groups in total. The molecule has 1 aliphatic rings. The smallest absolute Gasteiger partial charge is 0.306 e. The molecule has 0 aliphatic heterocycles. The van der Waals surface area contributed by atoms with E-state index in [0.29, 0.717) is 24.1 Å². The molecule has 1 aliphatic carbocycles. The van der Waals surface area contributed by atoms with Gasteiger partial charge in [-0.15, -0.1) is 0 Å². The summed E-state index contributed by atoms with van der Waals surface area (Å²) < 4.78 is 11.9. The maximum atomic E-state index is 12.9. The fourth-order valence-corrected chi connectivity index (χ4v) is 8.59. The van der Waals surface area contributed by atoms with Crippen molar-refractivity contribution in [3.05, 3.63) is 23.5 Å². The van der Waals surface area contributed by atoms with Crippen LogP contribution in [0.5, 0.6) is 0 Å². The van der Waals surface area contributed by atoms with E-state index in [0.717, 1.165) is 122 Å². The first-order valence-electron chi connectivity index (χ1n) is 26.3. The lowest BCUT2D eigenvalue weighted by Crippen LogP contribution is -2.38. The van der Waals surface area contributed by atoms with Gasteiger partial charge >= 0.3 is 11.9 Å². The molecule has 0 saturated heterocycles. The minimum Gasteiger partial charge on any atom is -0.462 e. The molecule has 61 heavy (non-hydrogen) atoms. The van der Waals surface area contributed by atoms with Crippen LogP contribution in [0.1, 0.15) is 252 Å². The number of hydrogen-bond acceptors (Lipinski definition) is 8. The van der Waals surface area contributed by atoms with Gasteiger partial charge in [-0.2, -0.15) is 0 Å². The van der Waals surface area contributed by atoms with E-state index in [1.807, 2.05) is 7.05 Å². The lowest BCUT2D eigenvalue weighted by Gasteiger charge is -2.26. The van der Waals surface area contributed by atoms with Crippen molar-refractivity contribution in [2.45, 2.75) is 265 Å². The highest BCUT2D eigenvalue weighted by Gasteiger charge is 2.30. The predicted octanol–water partition coefficient (Wildman–Crippen LogP) is 14.0. The molecular weight excluding hydrogens is 759 g/mol. The Hall–Kier alpha value is -2.35. The number of unbranched alkanes of at least 4 members (excludes halogenated alkanes) is 23. The highest BCUT2D eigenvalue weighted by Crippen LogP contribution is 2.24. The molecule has 0 aromatic rings. The van der Waals surface area contributed by atoms with Crippen LogP contribution in [0.2, 0.25) is 0 Å². The molecule has 0 aromatic carbocycles. The zero-order valence-corrected chi connectivity index (χ0v) is 40.9. The maximum absolute atomic E-state index is 12.9. The molecule has 0 saturated carbocycles. The summed E-state index contributed by atoms with van der Waals surface area (Å²) in [5, 5.41) is 6.43. The third-order valence-electron chi connectivity index (χ3n) is 12.7. The Morgan fingerprint density at radius 2 is 0.885 bits per heavy atom. The Kier molecular flexibility index (Phi) is 37.6. The van der Waals surface area contributed by atoms with Gasteiger partial charge in [0.1, 0.15) is 17.9 Å². The van der Waals surface area contributed by atoms with Crippen LogP contribution in [-0.4, -0.2) is 68.1 Å². The summed E-state index contributed by atoms with van der Waals surface area (Å²) in [4.78, 5) is 40.2. The van der Waals surface area contributed by atoms with Crippen LogP contribution < -0.4 is 10.6 Å². The van der Waals surface area contributed by atoms with E-state index < -0.39 is 0 Å². The van der Waals surface area contributed by atoms with Crippen molar-refractivity contribution in [2.24, 2.45) is 0 Å². The number of carbonyl (C=O) groups excluding carboxylic acids is 3. The number of carbonyl (C=O) groups is 3. The number of allylic oxidation sites excluding steroid dienone is 2. The summed E-state index contributed by atoms with van der Waals surface area (Å²) in [5.41, 5.74) is 2.06. The lowest BCUT2D eigenvalue weighted by molar-refractivity contribution is -0.150. The minimum absolute atomic E-state index is 0.0103. The molecule has 0 amide bonds. The molecule has 0 bridgehead atoms. The van der Waals surface area contributed by atoms with Crippen molar-refractivity contribution in [1.82, 2.24) is 15.5 Å². The quantitative estimate of drug-likeness (QED) is 0.0355. The minimum atomic E-state index is -0.0192. The molecule has 0 fully saturated rings. The lowest BCUT2D eigenvalue weighted by atomic mass is 9.93. The van der Waals surface area contributed by atoms with E-state index >= 15 is 0 Å². The van der Waals surface area contributed by atoms with E-state index in [1.165, 1.54) is 122 Å². The van der Waals surface area contributed by atoms with E-state index in [9.17, 15) is 14.4 Å². The first kappa shape index (κ1) is 56.7. The van der Waals surface area contributed by atoms with Crippen LogP contribution in [0.3, 0.4) is 0 Å². The molecule has 1 atom stereocenters. The maximum Gasteiger partial charge on any atom is 0.306 e. The first-order chi connectivity index (χ1) is 29.8. The Morgan fingerprint density at radius 1 is 0.508 bits per heavy atom. The predicted molar refractivity (Wildman–Crippen MR) is 259 cm³/mol. The average Bonchev–Trinajstić information content (AvgIpc) is 3.26. The second-order valence-corrected chi connectivity index (χ2v) is 18.3. The van der Waals surface area contributed by atoms with Crippen LogP contribution in [0.4, 0.5) is 0 Å². The Bertz CT molecular complexity index is 1120. The summed E-state index contributed by atoms with van der Waals surface area (Å²) in [6.07, 6.45) is 40.0.